The Morgan fingerprint density at radius 3 is 2.35 bits per heavy atom. The maximum absolute atomic E-state index is 8.97. The highest BCUT2D eigenvalue weighted by molar-refractivity contribution is 5.73. The highest BCUT2D eigenvalue weighted by Gasteiger charge is 2.28. The number of hydrogen-bond acceptors (Lipinski definition) is 3. The van der Waals surface area contributed by atoms with Crippen molar-refractivity contribution in [3.05, 3.63) is 70.3 Å². The van der Waals surface area contributed by atoms with Gasteiger partial charge in [0.2, 0.25) is 0 Å². The van der Waals surface area contributed by atoms with Crippen LogP contribution in [0.2, 0.25) is 0 Å². The monoisotopic (exact) mass is 343 g/mol. The summed E-state index contributed by atoms with van der Waals surface area (Å²) in [4.78, 5) is 2.56. The van der Waals surface area contributed by atoms with Gasteiger partial charge < -0.3 is 10.6 Å². The molecule has 3 nitrogen and oxygen atoms in total. The molecule has 2 aromatic rings. The van der Waals surface area contributed by atoms with Crippen molar-refractivity contribution in [3.63, 3.8) is 0 Å². The molecule has 2 fully saturated rings. The first-order valence-corrected chi connectivity index (χ1v) is 9.49. The molecule has 1 saturated heterocycles. The largest absolute Gasteiger partial charge is 0.398 e. The second kappa shape index (κ2) is 6.88. The van der Waals surface area contributed by atoms with Gasteiger partial charge in [-0.1, -0.05) is 24.3 Å². The fourth-order valence-corrected chi connectivity index (χ4v) is 3.96. The molecule has 26 heavy (non-hydrogen) atoms. The number of aryl methyl sites for hydroxylation is 1. The molecule has 0 unspecified atom stereocenters. The van der Waals surface area contributed by atoms with Gasteiger partial charge in [-0.2, -0.15) is 5.26 Å². The molecule has 2 aromatic carbocycles. The molecule has 0 bridgehead atoms. The SMILES string of the molecule is Cc1ccc(C(=C2CC2)N2CCC(c3ccc(C#N)cc3)CC2)cc1N. The zero-order chi connectivity index (χ0) is 18.1. The summed E-state index contributed by atoms with van der Waals surface area (Å²) in [6.07, 6.45) is 4.76. The number of anilines is 1. The van der Waals surface area contributed by atoms with Crippen molar-refractivity contribution in [1.82, 2.24) is 4.90 Å². The van der Waals surface area contributed by atoms with Crippen molar-refractivity contribution in [2.75, 3.05) is 18.8 Å². The van der Waals surface area contributed by atoms with Gasteiger partial charge in [0, 0.05) is 24.5 Å². The molecular weight excluding hydrogens is 318 g/mol. The van der Waals surface area contributed by atoms with Gasteiger partial charge >= 0.3 is 0 Å². The van der Waals surface area contributed by atoms with Gasteiger partial charge in [0.15, 0.2) is 0 Å². The number of likely N-dealkylation sites (tertiary alicyclic amines) is 1. The first-order valence-electron chi connectivity index (χ1n) is 9.49. The average molecular weight is 343 g/mol. The van der Waals surface area contributed by atoms with Crippen LogP contribution in [-0.4, -0.2) is 18.0 Å². The second-order valence-electron chi connectivity index (χ2n) is 7.52. The molecule has 0 amide bonds. The summed E-state index contributed by atoms with van der Waals surface area (Å²) in [5.41, 5.74) is 14.6. The summed E-state index contributed by atoms with van der Waals surface area (Å²) < 4.78 is 0. The molecule has 3 heteroatoms. The van der Waals surface area contributed by atoms with Crippen molar-refractivity contribution in [2.45, 2.75) is 38.5 Å². The number of nitrogen functional groups attached to an aromatic ring is 1. The summed E-state index contributed by atoms with van der Waals surface area (Å²) in [5, 5.41) is 8.97. The zero-order valence-electron chi connectivity index (χ0n) is 15.3. The van der Waals surface area contributed by atoms with Crippen LogP contribution in [0, 0.1) is 18.3 Å². The lowest BCUT2D eigenvalue weighted by Crippen LogP contribution is -2.32. The van der Waals surface area contributed by atoms with E-state index >= 15 is 0 Å². The number of allylic oxidation sites excluding steroid dienone is 1. The summed E-state index contributed by atoms with van der Waals surface area (Å²) in [6.45, 7) is 4.22. The topological polar surface area (TPSA) is 53.0 Å². The fourth-order valence-electron chi connectivity index (χ4n) is 3.96. The maximum Gasteiger partial charge on any atom is 0.0991 e. The van der Waals surface area contributed by atoms with Crippen LogP contribution in [0.15, 0.2) is 48.0 Å². The van der Waals surface area contributed by atoms with E-state index in [0.717, 1.165) is 42.7 Å². The lowest BCUT2D eigenvalue weighted by molar-refractivity contribution is 0.298. The van der Waals surface area contributed by atoms with Crippen molar-refractivity contribution >= 4 is 11.4 Å². The number of nitrogens with two attached hydrogens (primary N) is 1. The summed E-state index contributed by atoms with van der Waals surface area (Å²) in [5.74, 6) is 0.590. The Bertz CT molecular complexity index is 873. The van der Waals surface area contributed by atoms with Crippen LogP contribution in [0.1, 0.15) is 53.9 Å². The van der Waals surface area contributed by atoms with E-state index in [9.17, 15) is 0 Å². The smallest absolute Gasteiger partial charge is 0.0991 e. The Labute approximate surface area is 155 Å². The van der Waals surface area contributed by atoms with Crippen LogP contribution in [0.3, 0.4) is 0 Å². The molecule has 0 radical (unpaired) electrons. The van der Waals surface area contributed by atoms with Gasteiger partial charge in [0.05, 0.1) is 11.6 Å². The van der Waals surface area contributed by atoms with Crippen molar-refractivity contribution in [1.29, 1.82) is 5.26 Å². The number of nitriles is 1. The van der Waals surface area contributed by atoms with Gasteiger partial charge in [-0.25, -0.2) is 0 Å². The van der Waals surface area contributed by atoms with E-state index in [0.29, 0.717) is 5.92 Å². The van der Waals surface area contributed by atoms with Crippen LogP contribution in [0.5, 0.6) is 0 Å². The third kappa shape index (κ3) is 3.32. The molecule has 1 aliphatic heterocycles. The lowest BCUT2D eigenvalue weighted by Gasteiger charge is -2.36. The normalized spacial score (nSPS) is 17.1. The highest BCUT2D eigenvalue weighted by Crippen LogP contribution is 2.41. The fraction of sp³-hybridized carbons (Fsp3) is 0.348. The third-order valence-corrected chi connectivity index (χ3v) is 5.71. The number of nitrogens with zero attached hydrogens (tertiary/aromatic N) is 2. The molecular formula is C23H25N3. The van der Waals surface area contributed by atoms with Gasteiger partial charge in [-0.3, -0.25) is 0 Å². The minimum absolute atomic E-state index is 0.590. The second-order valence-corrected chi connectivity index (χ2v) is 7.52. The Morgan fingerprint density at radius 1 is 1.08 bits per heavy atom. The Balaban J connectivity index is 1.50. The van der Waals surface area contributed by atoms with E-state index in [2.05, 4.69) is 48.2 Å². The number of benzene rings is 2. The zero-order valence-corrected chi connectivity index (χ0v) is 15.3. The van der Waals surface area contributed by atoms with Crippen molar-refractivity contribution in [2.24, 2.45) is 0 Å². The van der Waals surface area contributed by atoms with Crippen LogP contribution in [-0.2, 0) is 0 Å². The van der Waals surface area contributed by atoms with Crippen molar-refractivity contribution in [3.8, 4) is 6.07 Å². The van der Waals surface area contributed by atoms with E-state index in [-0.39, 0.29) is 0 Å². The molecule has 1 saturated carbocycles. The highest BCUT2D eigenvalue weighted by atomic mass is 15.1. The third-order valence-electron chi connectivity index (χ3n) is 5.71. The Hall–Kier alpha value is -2.73. The van der Waals surface area contributed by atoms with Crippen molar-refractivity contribution < 1.29 is 0 Å². The first-order chi connectivity index (χ1) is 12.7. The molecule has 2 aliphatic rings. The van der Waals surface area contributed by atoms with Gasteiger partial charge in [-0.15, -0.1) is 0 Å². The Kier molecular flexibility index (Phi) is 4.42. The standard InChI is InChI=1S/C23H25N3/c1-16-2-5-21(14-22(16)25)23(20-8-9-20)26-12-10-19(11-13-26)18-6-3-17(15-24)4-7-18/h2-7,14,19H,8-13,25H2,1H3. The predicted molar refractivity (Wildman–Crippen MR) is 106 cm³/mol. The molecule has 1 aliphatic carbocycles. The van der Waals surface area contributed by atoms with Crippen LogP contribution < -0.4 is 5.73 Å². The Morgan fingerprint density at radius 2 is 1.77 bits per heavy atom. The van der Waals surface area contributed by atoms with E-state index in [4.69, 9.17) is 11.0 Å². The minimum Gasteiger partial charge on any atom is -0.398 e. The number of piperidine rings is 1. The molecule has 0 spiro atoms. The predicted octanol–water partition coefficient (Wildman–Crippen LogP) is 4.83. The van der Waals surface area contributed by atoms with E-state index in [1.165, 1.54) is 29.7 Å². The average Bonchev–Trinajstić information content (AvgIpc) is 3.50. The molecule has 0 aromatic heterocycles. The summed E-state index contributed by atoms with van der Waals surface area (Å²) >= 11 is 0. The summed E-state index contributed by atoms with van der Waals surface area (Å²) in [7, 11) is 0. The van der Waals surface area contributed by atoms with Gasteiger partial charge in [0.1, 0.15) is 0 Å². The van der Waals surface area contributed by atoms with E-state index in [1.807, 2.05) is 12.1 Å². The maximum atomic E-state index is 8.97. The van der Waals surface area contributed by atoms with Crippen LogP contribution >= 0.6 is 0 Å². The lowest BCUT2D eigenvalue weighted by atomic mass is 9.88. The molecule has 0 atom stereocenters. The van der Waals surface area contributed by atoms with E-state index in [1.54, 1.807) is 5.57 Å². The first kappa shape index (κ1) is 16.7. The molecule has 4 rings (SSSR count). The summed E-state index contributed by atoms with van der Waals surface area (Å²) in [6, 6.07) is 16.8. The quantitative estimate of drug-likeness (QED) is 0.812. The van der Waals surface area contributed by atoms with E-state index < -0.39 is 0 Å². The van der Waals surface area contributed by atoms with Crippen LogP contribution in [0.25, 0.3) is 5.70 Å². The number of rotatable bonds is 3. The number of hydrogen-bond donors (Lipinski definition) is 1. The molecule has 2 N–H and O–H groups in total. The van der Waals surface area contributed by atoms with Gasteiger partial charge in [-0.05, 0) is 79.0 Å². The molecule has 1 heterocycles. The van der Waals surface area contributed by atoms with Crippen LogP contribution in [0.4, 0.5) is 5.69 Å². The minimum atomic E-state index is 0.590. The van der Waals surface area contributed by atoms with Gasteiger partial charge in [0.25, 0.3) is 0 Å². The molecule has 132 valence electrons.